The lowest BCUT2D eigenvalue weighted by atomic mass is 9.38. The Morgan fingerprint density at radius 1 is 0.630 bits per heavy atom. The summed E-state index contributed by atoms with van der Waals surface area (Å²) < 4.78 is 86.6. The maximum atomic E-state index is 14.3. The van der Waals surface area contributed by atoms with E-state index in [2.05, 4.69) is 20.9 Å². The molecule has 0 unspecified atom stereocenters. The molecule has 2 atom stereocenters. The number of carboxylic acids is 1. The predicted octanol–water partition coefficient (Wildman–Crippen LogP) is 9.58. The lowest BCUT2D eigenvalue weighted by Crippen LogP contribution is -2.78. The molecule has 15 nitrogen and oxygen atoms in total. The molecule has 0 saturated heterocycles. The molecule has 18 rings (SSSR count). The summed E-state index contributed by atoms with van der Waals surface area (Å²) in [4.78, 5) is 34.6. The average molecular weight is 1230 g/mol. The number of benzene rings is 4. The molecule has 14 aliphatic rings. The van der Waals surface area contributed by atoms with Crippen LogP contribution < -0.4 is 21.7 Å². The van der Waals surface area contributed by atoms with Crippen LogP contribution in [-0.2, 0) is 42.7 Å². The van der Waals surface area contributed by atoms with E-state index >= 15 is 0 Å². The van der Waals surface area contributed by atoms with Crippen molar-refractivity contribution in [3.63, 3.8) is 0 Å². The number of carbonyl (C=O) groups is 2. The summed E-state index contributed by atoms with van der Waals surface area (Å²) in [6, 6.07) is 23.9. The van der Waals surface area contributed by atoms with Gasteiger partial charge in [-0.1, -0.05) is 71.7 Å². The van der Waals surface area contributed by atoms with E-state index in [0.717, 1.165) is 36.9 Å². The van der Waals surface area contributed by atoms with Crippen LogP contribution >= 0.6 is 48.0 Å². The van der Waals surface area contributed by atoms with Gasteiger partial charge in [0, 0.05) is 46.1 Å². The first-order chi connectivity index (χ1) is 37.0. The minimum atomic E-state index is -3.88. The highest BCUT2D eigenvalue weighted by Crippen LogP contribution is 2.73. The second-order valence-corrected chi connectivity index (χ2v) is 30.6. The van der Waals surface area contributed by atoms with Crippen LogP contribution in [0.25, 0.3) is 0 Å². The molecule has 81 heavy (non-hydrogen) atoms. The summed E-state index contributed by atoms with van der Waals surface area (Å²) >= 11 is 11.7. The molecular formula is C58H68Cl4F2N8O7S2. The van der Waals surface area contributed by atoms with Crippen LogP contribution in [0.4, 0.5) is 8.78 Å². The molecule has 4 aromatic rings. The summed E-state index contributed by atoms with van der Waals surface area (Å²) in [5.74, 6) is 1.08. The second-order valence-electron chi connectivity index (χ2n) is 26.1. The molecule has 8 bridgehead atoms. The van der Waals surface area contributed by atoms with Crippen molar-refractivity contribution < 1.29 is 40.3 Å². The fourth-order valence-electron chi connectivity index (χ4n) is 14.8. The van der Waals surface area contributed by atoms with Crippen molar-refractivity contribution in [1.82, 2.24) is 24.6 Å². The molecular weight excluding hydrogens is 1160 g/mol. The molecule has 0 radical (unpaired) electrons. The Bertz CT molecular complexity index is 3430. The number of nitrogens with two attached hydrogens (primary N) is 1. The third-order valence-corrected chi connectivity index (χ3v) is 23.7. The Balaban J connectivity index is 0.000000161. The van der Waals surface area contributed by atoms with Gasteiger partial charge in [0.1, 0.15) is 23.3 Å². The number of hydrogen-bond donors (Lipinski definition) is 5. The van der Waals surface area contributed by atoms with Gasteiger partial charge in [-0.3, -0.25) is 14.8 Å². The van der Waals surface area contributed by atoms with Gasteiger partial charge in [0.25, 0.3) is 0 Å². The van der Waals surface area contributed by atoms with Gasteiger partial charge in [0.2, 0.25) is 26.0 Å². The zero-order valence-electron chi connectivity index (χ0n) is 45.4. The van der Waals surface area contributed by atoms with E-state index in [1.807, 2.05) is 13.8 Å². The zero-order chi connectivity index (χ0) is 56.1. The topological polar surface area (TPSA) is 216 Å². The highest BCUT2D eigenvalue weighted by Gasteiger charge is 2.76. The number of sulfonamides is 2. The minimum Gasteiger partial charge on any atom is -0.480 e. The number of aliphatic imine (C=N–C) groups is 2. The molecule has 12 fully saturated rings. The summed E-state index contributed by atoms with van der Waals surface area (Å²) in [6.45, 7) is 7.64. The van der Waals surface area contributed by atoms with Crippen LogP contribution in [0.15, 0.2) is 117 Å². The van der Waals surface area contributed by atoms with Crippen molar-refractivity contribution in [2.24, 2.45) is 38.4 Å². The number of carboxylic acid groups (broad SMARTS) is 1. The van der Waals surface area contributed by atoms with Gasteiger partial charge in [-0.05, 0) is 176 Å². The van der Waals surface area contributed by atoms with Crippen molar-refractivity contribution in [1.29, 1.82) is 0 Å². The molecule has 436 valence electrons. The lowest BCUT2D eigenvalue weighted by Gasteiger charge is -2.73. The van der Waals surface area contributed by atoms with E-state index in [1.54, 1.807) is 86.6 Å². The molecule has 4 aromatic carbocycles. The fraction of sp³-hybridized carbons (Fsp3) is 0.517. The maximum absolute atomic E-state index is 14.3. The Morgan fingerprint density at radius 2 is 0.988 bits per heavy atom. The molecule has 1 amide bonds. The van der Waals surface area contributed by atoms with Gasteiger partial charge < -0.3 is 26.8 Å². The van der Waals surface area contributed by atoms with E-state index in [9.17, 15) is 40.3 Å². The van der Waals surface area contributed by atoms with Crippen molar-refractivity contribution in [2.75, 3.05) is 0 Å². The number of carbonyl (C=O) groups excluding carboxylic acids is 1. The standard InChI is InChI=1S/C29H32ClFN4O3S.C24H25ClFN3O4S.C5H9N.2ClH/c1-26(2)23(24(36)33-28-11-19(12-28)13-28)32-25(34-26)27-15-29(16-27,17-27)35(14-18-8-9-21(30)22(31)10-18)39(37,38)20-6-4-3-5-7-20;1-22(2)19(20(30)31)27-21(28-22)23-12-24(13-23,14-23)29(11-15-8-9-17(25)18(26)10-15)34(32,33)16-6-4-3-5-7-16;6-5-1-4(2-5)3-5;;/h3-10,19,23H,11-17H2,1-2H3,(H,32,34)(H,33,36);3-10,19H,11-14H2,1-2H3,(H,27,28)(H,30,31);4H,1-3,6H2;2*1H/t19?,23-,27?,28?,29?;19-,23?,24?;;;/m00.../s1. The largest absolute Gasteiger partial charge is 0.480 e. The summed E-state index contributed by atoms with van der Waals surface area (Å²) in [6.07, 6.45) is 10.6. The number of rotatable bonds is 15. The normalized spacial score (nSPS) is 33.7. The maximum Gasteiger partial charge on any atom is 0.330 e. The van der Waals surface area contributed by atoms with Crippen molar-refractivity contribution in [3.8, 4) is 0 Å². The molecule has 0 aromatic heterocycles. The van der Waals surface area contributed by atoms with Crippen LogP contribution in [0, 0.1) is 34.3 Å². The minimum absolute atomic E-state index is 0. The number of amides is 1. The first-order valence-electron chi connectivity index (χ1n) is 27.1. The van der Waals surface area contributed by atoms with Crippen LogP contribution in [0.2, 0.25) is 10.0 Å². The second kappa shape index (κ2) is 20.1. The van der Waals surface area contributed by atoms with E-state index < -0.39 is 71.9 Å². The number of nitrogens with one attached hydrogen (secondary N) is 3. The van der Waals surface area contributed by atoms with Gasteiger partial charge in [-0.25, -0.2) is 30.4 Å². The van der Waals surface area contributed by atoms with Gasteiger partial charge in [-0.15, -0.1) is 24.8 Å². The summed E-state index contributed by atoms with van der Waals surface area (Å²) in [5, 5.41) is 19.6. The summed E-state index contributed by atoms with van der Waals surface area (Å²) in [5.41, 5.74) is 3.97. The Labute approximate surface area is 494 Å². The number of halogens is 6. The van der Waals surface area contributed by atoms with Crippen molar-refractivity contribution in [2.45, 2.75) is 173 Å². The predicted molar refractivity (Wildman–Crippen MR) is 311 cm³/mol. The highest BCUT2D eigenvalue weighted by molar-refractivity contribution is 7.89. The summed E-state index contributed by atoms with van der Waals surface area (Å²) in [7, 11) is -7.74. The quantitative estimate of drug-likeness (QED) is 0.0760. The molecule has 12 saturated carbocycles. The van der Waals surface area contributed by atoms with Crippen LogP contribution in [-0.4, -0.2) is 99.4 Å². The van der Waals surface area contributed by atoms with Crippen LogP contribution in [0.5, 0.6) is 0 Å². The fourth-order valence-corrected chi connectivity index (χ4v) is 18.5. The van der Waals surface area contributed by atoms with Gasteiger partial charge >= 0.3 is 5.97 Å². The SMILES string of the molecule is CC1(C)NC(C23CC(N(Cc4ccc(Cl)c(F)c4)S(=O)(=O)c4ccccc4)(C2)C3)=N[C@H]1C(=O)NC12CC(C1)C2.CC1(C)NC(C23CC(N(Cc4ccc(Cl)c(F)c4)S(=O)(=O)c4ccccc4)(C2)C3)=N[C@H]1C(=O)O.Cl.Cl.NC12CC(C1)C2. The molecule has 23 heteroatoms. The van der Waals surface area contributed by atoms with Gasteiger partial charge in [0.05, 0.1) is 30.9 Å². The first-order valence-corrected chi connectivity index (χ1v) is 30.8. The molecule has 2 heterocycles. The first kappa shape index (κ1) is 59.7. The molecule has 2 aliphatic heterocycles. The van der Waals surface area contributed by atoms with E-state index in [0.29, 0.717) is 61.0 Å². The van der Waals surface area contributed by atoms with Gasteiger partial charge in [0.15, 0.2) is 12.1 Å². The highest BCUT2D eigenvalue weighted by atomic mass is 35.5. The van der Waals surface area contributed by atoms with E-state index in [1.165, 1.54) is 52.1 Å². The van der Waals surface area contributed by atoms with E-state index in [-0.39, 0.29) is 80.0 Å². The number of amidine groups is 2. The average Bonchev–Trinajstić information content (AvgIpc) is 3.80. The molecule has 6 N–H and O–H groups in total. The smallest absolute Gasteiger partial charge is 0.330 e. The third-order valence-electron chi connectivity index (χ3n) is 19.1. The zero-order valence-corrected chi connectivity index (χ0v) is 50.1. The number of hydrogen-bond acceptors (Lipinski definition) is 11. The van der Waals surface area contributed by atoms with Crippen molar-refractivity contribution >= 4 is 91.6 Å². The van der Waals surface area contributed by atoms with Crippen molar-refractivity contribution in [3.05, 3.63) is 130 Å². The van der Waals surface area contributed by atoms with Crippen LogP contribution in [0.1, 0.15) is 116 Å². The number of aliphatic carboxylic acids is 1. The molecule has 0 spiro atoms. The van der Waals surface area contributed by atoms with E-state index in [4.69, 9.17) is 33.9 Å². The number of nitrogens with zero attached hydrogens (tertiary/aromatic N) is 4. The monoisotopic (exact) mass is 1230 g/mol. The lowest BCUT2D eigenvalue weighted by molar-refractivity contribution is -0.151. The Morgan fingerprint density at radius 3 is 1.30 bits per heavy atom. The van der Waals surface area contributed by atoms with Gasteiger partial charge in [-0.2, -0.15) is 8.61 Å². The Kier molecular flexibility index (Phi) is 14.8. The van der Waals surface area contributed by atoms with Crippen LogP contribution in [0.3, 0.4) is 0 Å². The molecule has 12 aliphatic carbocycles. The Hall–Kier alpha value is -4.44. The third kappa shape index (κ3) is 9.96.